The van der Waals surface area contributed by atoms with Crippen LogP contribution in [-0.4, -0.2) is 18.7 Å². The van der Waals surface area contributed by atoms with Crippen molar-refractivity contribution in [1.29, 1.82) is 0 Å². The molecule has 0 radical (unpaired) electrons. The number of amides is 1. The van der Waals surface area contributed by atoms with Crippen molar-refractivity contribution in [3.05, 3.63) is 76.3 Å². The molecule has 0 saturated carbocycles. The second-order valence-corrected chi connectivity index (χ2v) is 7.39. The van der Waals surface area contributed by atoms with Gasteiger partial charge in [0.15, 0.2) is 6.61 Å². The summed E-state index contributed by atoms with van der Waals surface area (Å²) >= 11 is 3.48. The zero-order valence-electron chi connectivity index (χ0n) is 15.3. The van der Waals surface area contributed by atoms with Gasteiger partial charge in [0.1, 0.15) is 5.75 Å². The maximum Gasteiger partial charge on any atom is 0.277 e. The Hall–Kier alpha value is -2.66. The molecule has 0 spiro atoms. The molecule has 5 heteroatoms. The molecule has 1 amide bonds. The van der Waals surface area contributed by atoms with Crippen molar-refractivity contribution in [3.63, 3.8) is 0 Å². The summed E-state index contributed by atoms with van der Waals surface area (Å²) in [5, 5.41) is 6.30. The van der Waals surface area contributed by atoms with Crippen molar-refractivity contribution < 1.29 is 9.53 Å². The summed E-state index contributed by atoms with van der Waals surface area (Å²) in [6.45, 7) is 4.15. The molecular weight excluding hydrogens is 404 g/mol. The van der Waals surface area contributed by atoms with E-state index in [0.29, 0.717) is 11.7 Å². The molecule has 0 aliphatic carbocycles. The van der Waals surface area contributed by atoms with E-state index in [1.54, 1.807) is 6.21 Å². The number of rotatable bonds is 6. The van der Waals surface area contributed by atoms with E-state index in [9.17, 15) is 4.79 Å². The van der Waals surface area contributed by atoms with Gasteiger partial charge in [-0.3, -0.25) is 4.79 Å². The monoisotopic (exact) mass is 424 g/mol. The van der Waals surface area contributed by atoms with Crippen LogP contribution in [0.5, 0.6) is 5.75 Å². The highest BCUT2D eigenvalue weighted by Gasteiger charge is 2.07. The lowest BCUT2D eigenvalue weighted by molar-refractivity contribution is -0.123. The number of nitrogens with one attached hydrogen (secondary N) is 1. The molecule has 3 aromatic carbocycles. The zero-order valence-corrected chi connectivity index (χ0v) is 16.9. The summed E-state index contributed by atoms with van der Waals surface area (Å²) in [7, 11) is 0. The molecule has 1 N–H and O–H groups in total. The smallest absolute Gasteiger partial charge is 0.277 e. The minimum absolute atomic E-state index is 0.102. The lowest BCUT2D eigenvalue weighted by Gasteiger charge is -2.10. The quantitative estimate of drug-likeness (QED) is 0.433. The fourth-order valence-corrected chi connectivity index (χ4v) is 3.15. The van der Waals surface area contributed by atoms with Crippen molar-refractivity contribution in [2.75, 3.05) is 6.61 Å². The molecular formula is C22H21BrN2O2. The average Bonchev–Trinajstić information content (AvgIpc) is 2.66. The molecule has 0 heterocycles. The third kappa shape index (κ3) is 5.17. The summed E-state index contributed by atoms with van der Waals surface area (Å²) in [5.74, 6) is 0.753. The first kappa shape index (κ1) is 19.1. The number of benzene rings is 3. The fraction of sp³-hybridized carbons (Fsp3) is 0.182. The Balaban J connectivity index is 1.54. The zero-order chi connectivity index (χ0) is 19.2. The molecule has 138 valence electrons. The third-order valence-electron chi connectivity index (χ3n) is 4.16. The number of carbonyl (C=O) groups excluding carboxylic acids is 1. The summed E-state index contributed by atoms with van der Waals surface area (Å²) in [6.07, 6.45) is 1.62. The fourth-order valence-electron chi connectivity index (χ4n) is 2.64. The number of fused-ring (bicyclic) bond motifs is 1. The number of hydrogen-bond acceptors (Lipinski definition) is 3. The van der Waals surface area contributed by atoms with Crippen LogP contribution in [0.1, 0.15) is 30.9 Å². The second-order valence-electron chi connectivity index (χ2n) is 6.53. The highest BCUT2D eigenvalue weighted by molar-refractivity contribution is 9.10. The predicted octanol–water partition coefficient (Wildman–Crippen LogP) is 5.25. The summed E-state index contributed by atoms with van der Waals surface area (Å²) in [4.78, 5) is 11.9. The van der Waals surface area contributed by atoms with E-state index in [-0.39, 0.29) is 12.5 Å². The van der Waals surface area contributed by atoms with Crippen molar-refractivity contribution in [2.24, 2.45) is 5.10 Å². The molecule has 4 nitrogen and oxygen atoms in total. The van der Waals surface area contributed by atoms with Crippen LogP contribution in [-0.2, 0) is 4.79 Å². The molecule has 27 heavy (non-hydrogen) atoms. The maximum absolute atomic E-state index is 11.9. The Morgan fingerprint density at radius 3 is 2.63 bits per heavy atom. The molecule has 0 aliphatic rings. The van der Waals surface area contributed by atoms with Gasteiger partial charge in [-0.25, -0.2) is 5.43 Å². The number of carbonyl (C=O) groups is 1. The van der Waals surface area contributed by atoms with E-state index >= 15 is 0 Å². The van der Waals surface area contributed by atoms with Gasteiger partial charge in [0.05, 0.1) is 10.7 Å². The molecule has 0 aromatic heterocycles. The summed E-state index contributed by atoms with van der Waals surface area (Å²) in [6, 6.07) is 20.0. The van der Waals surface area contributed by atoms with Crippen molar-refractivity contribution >= 4 is 38.8 Å². The van der Waals surface area contributed by atoms with Gasteiger partial charge < -0.3 is 4.74 Å². The first-order chi connectivity index (χ1) is 13.0. The predicted molar refractivity (Wildman–Crippen MR) is 113 cm³/mol. The van der Waals surface area contributed by atoms with Gasteiger partial charge in [-0.1, -0.05) is 56.3 Å². The molecule has 0 fully saturated rings. The molecule has 0 aliphatic heterocycles. The highest BCUT2D eigenvalue weighted by atomic mass is 79.9. The van der Waals surface area contributed by atoms with Crippen LogP contribution in [0.2, 0.25) is 0 Å². The Kier molecular flexibility index (Phi) is 6.24. The van der Waals surface area contributed by atoms with Crippen LogP contribution in [0.25, 0.3) is 10.8 Å². The van der Waals surface area contributed by atoms with E-state index in [1.807, 2.05) is 54.6 Å². The number of hydrazone groups is 1. The van der Waals surface area contributed by atoms with E-state index in [1.165, 1.54) is 10.9 Å². The van der Waals surface area contributed by atoms with Crippen LogP contribution >= 0.6 is 15.9 Å². The Labute approximate surface area is 167 Å². The lowest BCUT2D eigenvalue weighted by atomic mass is 10.0. The molecule has 0 unspecified atom stereocenters. The first-order valence-corrected chi connectivity index (χ1v) is 9.55. The van der Waals surface area contributed by atoms with Gasteiger partial charge in [0.2, 0.25) is 0 Å². The lowest BCUT2D eigenvalue weighted by Crippen LogP contribution is -2.24. The standard InChI is InChI=1S/C22H21BrN2O2/c1-15(2)18-9-10-21(20(23)12-18)27-14-22(26)25-24-13-16-7-8-17-5-3-4-6-19(17)11-16/h3-13,15H,14H2,1-2H3,(H,25,26). The topological polar surface area (TPSA) is 50.7 Å². The molecule has 0 atom stereocenters. The summed E-state index contributed by atoms with van der Waals surface area (Å²) in [5.41, 5.74) is 4.61. The molecule has 0 bridgehead atoms. The first-order valence-electron chi connectivity index (χ1n) is 8.76. The Morgan fingerprint density at radius 1 is 1.11 bits per heavy atom. The molecule has 3 aromatic rings. The van der Waals surface area contributed by atoms with E-state index < -0.39 is 0 Å². The van der Waals surface area contributed by atoms with Crippen LogP contribution in [0.3, 0.4) is 0 Å². The van der Waals surface area contributed by atoms with Gasteiger partial charge in [-0.2, -0.15) is 5.10 Å². The van der Waals surface area contributed by atoms with E-state index in [0.717, 1.165) is 15.4 Å². The van der Waals surface area contributed by atoms with Gasteiger partial charge in [0, 0.05) is 0 Å². The minimum atomic E-state index is -0.313. The van der Waals surface area contributed by atoms with Crippen molar-refractivity contribution in [1.82, 2.24) is 5.43 Å². The molecule has 3 rings (SSSR count). The second kappa shape index (κ2) is 8.82. The number of nitrogens with zero attached hydrogens (tertiary/aromatic N) is 1. The third-order valence-corrected chi connectivity index (χ3v) is 4.78. The van der Waals surface area contributed by atoms with E-state index in [4.69, 9.17) is 4.74 Å². The SMILES string of the molecule is CC(C)c1ccc(OCC(=O)NN=Cc2ccc3ccccc3c2)c(Br)c1. The van der Waals surface area contributed by atoms with Gasteiger partial charge in [0.25, 0.3) is 5.91 Å². The average molecular weight is 425 g/mol. The number of hydrogen-bond donors (Lipinski definition) is 1. The number of ether oxygens (including phenoxy) is 1. The normalized spacial score (nSPS) is 11.3. The van der Waals surface area contributed by atoms with Crippen LogP contribution in [0.4, 0.5) is 0 Å². The van der Waals surface area contributed by atoms with Crippen molar-refractivity contribution in [3.8, 4) is 5.75 Å². The summed E-state index contributed by atoms with van der Waals surface area (Å²) < 4.78 is 6.40. The largest absolute Gasteiger partial charge is 0.483 e. The van der Waals surface area contributed by atoms with Gasteiger partial charge in [-0.05, 0) is 61.9 Å². The Morgan fingerprint density at radius 2 is 1.89 bits per heavy atom. The van der Waals surface area contributed by atoms with Gasteiger partial charge >= 0.3 is 0 Å². The molecule has 0 saturated heterocycles. The van der Waals surface area contributed by atoms with Gasteiger partial charge in [-0.15, -0.1) is 0 Å². The highest BCUT2D eigenvalue weighted by Crippen LogP contribution is 2.28. The van der Waals surface area contributed by atoms with E-state index in [2.05, 4.69) is 46.4 Å². The van der Waals surface area contributed by atoms with Crippen LogP contribution < -0.4 is 10.2 Å². The minimum Gasteiger partial charge on any atom is -0.483 e. The van der Waals surface area contributed by atoms with Crippen LogP contribution in [0, 0.1) is 0 Å². The Bertz CT molecular complexity index is 983. The van der Waals surface area contributed by atoms with Crippen molar-refractivity contribution in [2.45, 2.75) is 19.8 Å². The number of halogens is 1. The van der Waals surface area contributed by atoms with Crippen LogP contribution in [0.15, 0.2) is 70.2 Å². The maximum atomic E-state index is 11.9.